The summed E-state index contributed by atoms with van der Waals surface area (Å²) in [6.45, 7) is 4.51. The Balaban J connectivity index is 2.65. The van der Waals surface area contributed by atoms with E-state index >= 15 is 0 Å². The Morgan fingerprint density at radius 3 is 2.82 bits per heavy atom. The zero-order chi connectivity index (χ0) is 12.8. The van der Waals surface area contributed by atoms with Gasteiger partial charge in [-0.15, -0.1) is 0 Å². The molecule has 17 heavy (non-hydrogen) atoms. The summed E-state index contributed by atoms with van der Waals surface area (Å²) in [5.41, 5.74) is 6.79. The largest absolute Gasteiger partial charge is 0.465 e. The lowest BCUT2D eigenvalue weighted by Gasteiger charge is -2.09. The van der Waals surface area contributed by atoms with Crippen LogP contribution in [0.25, 0.3) is 0 Å². The summed E-state index contributed by atoms with van der Waals surface area (Å²) in [4.78, 5) is 15.6. The molecule has 1 rings (SSSR count). The summed E-state index contributed by atoms with van der Waals surface area (Å²) in [5.74, 6) is 0.382. The van der Waals surface area contributed by atoms with Crippen molar-refractivity contribution in [3.05, 3.63) is 23.4 Å². The third kappa shape index (κ3) is 4.03. The zero-order valence-corrected chi connectivity index (χ0v) is 10.5. The first-order chi connectivity index (χ1) is 8.04. The quantitative estimate of drug-likeness (QED) is 0.755. The minimum Gasteiger partial charge on any atom is -0.465 e. The molecule has 1 unspecified atom stereocenters. The van der Waals surface area contributed by atoms with Gasteiger partial charge in [0.25, 0.3) is 0 Å². The van der Waals surface area contributed by atoms with Crippen molar-refractivity contribution < 1.29 is 9.53 Å². The number of carbonyl (C=O) groups is 1. The maximum absolute atomic E-state index is 11.3. The van der Waals surface area contributed by atoms with E-state index in [9.17, 15) is 4.79 Å². The fraction of sp³-hybridized carbons (Fsp3) is 0.500. The number of nitrogens with zero attached hydrogens (tertiary/aromatic N) is 1. The van der Waals surface area contributed by atoms with Gasteiger partial charge in [0.05, 0.1) is 18.4 Å². The summed E-state index contributed by atoms with van der Waals surface area (Å²) in [5, 5.41) is 3.16. The third-order valence-corrected chi connectivity index (χ3v) is 2.40. The fourth-order valence-electron chi connectivity index (χ4n) is 1.41. The van der Waals surface area contributed by atoms with Crippen molar-refractivity contribution in [2.24, 2.45) is 5.73 Å². The number of methoxy groups -OCH3 is 1. The summed E-state index contributed by atoms with van der Waals surface area (Å²) in [6, 6.07) is 3.64. The number of rotatable bonds is 5. The van der Waals surface area contributed by atoms with Gasteiger partial charge < -0.3 is 15.8 Å². The van der Waals surface area contributed by atoms with Crippen LogP contribution >= 0.6 is 0 Å². The van der Waals surface area contributed by atoms with Crippen LogP contribution in [0, 0.1) is 6.92 Å². The highest BCUT2D eigenvalue weighted by Gasteiger charge is 2.10. The molecular formula is C12H19N3O2. The van der Waals surface area contributed by atoms with Gasteiger partial charge in [-0.2, -0.15) is 0 Å². The second kappa shape index (κ2) is 6.20. The summed E-state index contributed by atoms with van der Waals surface area (Å²) in [7, 11) is 1.36. The monoisotopic (exact) mass is 237 g/mol. The van der Waals surface area contributed by atoms with Crippen molar-refractivity contribution >= 4 is 11.8 Å². The van der Waals surface area contributed by atoms with Crippen LogP contribution < -0.4 is 11.1 Å². The average molecular weight is 237 g/mol. The molecule has 5 heteroatoms. The Bertz CT molecular complexity index is 391. The van der Waals surface area contributed by atoms with Gasteiger partial charge in [-0.3, -0.25) is 0 Å². The maximum Gasteiger partial charge on any atom is 0.339 e. The molecule has 0 spiro atoms. The average Bonchev–Trinajstić information content (AvgIpc) is 2.28. The molecule has 0 aromatic carbocycles. The molecule has 1 atom stereocenters. The molecule has 5 nitrogen and oxygen atoms in total. The third-order valence-electron chi connectivity index (χ3n) is 2.40. The van der Waals surface area contributed by atoms with Gasteiger partial charge in [0, 0.05) is 12.6 Å². The van der Waals surface area contributed by atoms with Gasteiger partial charge in [0.2, 0.25) is 0 Å². The molecule has 0 bridgehead atoms. The topological polar surface area (TPSA) is 77.2 Å². The molecule has 1 heterocycles. The Kier molecular flexibility index (Phi) is 4.90. The van der Waals surface area contributed by atoms with Crippen molar-refractivity contribution in [1.82, 2.24) is 4.98 Å². The fourth-order valence-corrected chi connectivity index (χ4v) is 1.41. The minimum absolute atomic E-state index is 0.165. The number of nitrogens with one attached hydrogen (secondary N) is 1. The van der Waals surface area contributed by atoms with Crippen molar-refractivity contribution in [3.63, 3.8) is 0 Å². The van der Waals surface area contributed by atoms with Crippen molar-refractivity contribution in [2.75, 3.05) is 19.0 Å². The molecule has 0 radical (unpaired) electrons. The predicted molar refractivity (Wildman–Crippen MR) is 67.1 cm³/mol. The van der Waals surface area contributed by atoms with Gasteiger partial charge in [0.1, 0.15) is 5.82 Å². The number of ether oxygens (including phenoxy) is 1. The highest BCUT2D eigenvalue weighted by Crippen LogP contribution is 2.11. The molecule has 0 saturated heterocycles. The van der Waals surface area contributed by atoms with Crippen LogP contribution in [0.4, 0.5) is 5.82 Å². The van der Waals surface area contributed by atoms with E-state index in [1.165, 1.54) is 7.11 Å². The lowest BCUT2D eigenvalue weighted by Crippen LogP contribution is -2.19. The minimum atomic E-state index is -0.364. The number of aromatic nitrogens is 1. The van der Waals surface area contributed by atoms with Crippen molar-refractivity contribution in [3.8, 4) is 0 Å². The number of hydrogen-bond acceptors (Lipinski definition) is 5. The van der Waals surface area contributed by atoms with Gasteiger partial charge in [-0.25, -0.2) is 9.78 Å². The molecule has 0 aliphatic rings. The molecule has 0 amide bonds. The molecule has 0 aliphatic heterocycles. The standard InChI is InChI=1S/C12H19N3O2/c1-8(13)6-7-14-11-5-4-10(9(2)15-11)12(16)17-3/h4-5,8H,6-7,13H2,1-3H3,(H,14,15). The van der Waals surface area contributed by atoms with Crippen LogP contribution in [-0.2, 0) is 4.74 Å². The molecule has 94 valence electrons. The van der Waals surface area contributed by atoms with Crippen LogP contribution in [0.15, 0.2) is 12.1 Å². The Morgan fingerprint density at radius 2 is 2.29 bits per heavy atom. The van der Waals surface area contributed by atoms with Gasteiger partial charge in [0.15, 0.2) is 0 Å². The summed E-state index contributed by atoms with van der Waals surface area (Å²) < 4.78 is 4.65. The van der Waals surface area contributed by atoms with E-state index in [1.807, 2.05) is 6.92 Å². The molecule has 1 aromatic rings. The van der Waals surface area contributed by atoms with E-state index in [4.69, 9.17) is 5.73 Å². The highest BCUT2D eigenvalue weighted by atomic mass is 16.5. The summed E-state index contributed by atoms with van der Waals surface area (Å²) >= 11 is 0. The lowest BCUT2D eigenvalue weighted by atomic mass is 10.2. The van der Waals surface area contributed by atoms with E-state index in [2.05, 4.69) is 15.0 Å². The highest BCUT2D eigenvalue weighted by molar-refractivity contribution is 5.90. The smallest absolute Gasteiger partial charge is 0.339 e. The number of nitrogens with two attached hydrogens (primary N) is 1. The number of aryl methyl sites for hydroxylation is 1. The number of anilines is 1. The molecule has 3 N–H and O–H groups in total. The first kappa shape index (κ1) is 13.4. The molecule has 0 aliphatic carbocycles. The molecule has 0 fully saturated rings. The Labute approximate surface area is 101 Å². The molecular weight excluding hydrogens is 218 g/mol. The number of pyridine rings is 1. The van der Waals surface area contributed by atoms with E-state index in [0.717, 1.165) is 18.8 Å². The number of esters is 1. The zero-order valence-electron chi connectivity index (χ0n) is 10.5. The Morgan fingerprint density at radius 1 is 1.59 bits per heavy atom. The SMILES string of the molecule is COC(=O)c1ccc(NCCC(C)N)nc1C. The van der Waals surface area contributed by atoms with Crippen LogP contribution in [0.5, 0.6) is 0 Å². The van der Waals surface area contributed by atoms with E-state index in [1.54, 1.807) is 19.1 Å². The molecule has 1 aromatic heterocycles. The number of hydrogen-bond donors (Lipinski definition) is 2. The predicted octanol–water partition coefficient (Wildman–Crippen LogP) is 1.33. The van der Waals surface area contributed by atoms with E-state index in [0.29, 0.717) is 11.3 Å². The van der Waals surface area contributed by atoms with Crippen molar-refractivity contribution in [2.45, 2.75) is 26.3 Å². The Hall–Kier alpha value is -1.62. The lowest BCUT2D eigenvalue weighted by molar-refractivity contribution is 0.0599. The number of carbonyl (C=O) groups excluding carboxylic acids is 1. The normalized spacial score (nSPS) is 12.0. The van der Waals surface area contributed by atoms with Crippen LogP contribution in [-0.4, -0.2) is 30.6 Å². The van der Waals surface area contributed by atoms with E-state index in [-0.39, 0.29) is 12.0 Å². The second-order valence-corrected chi connectivity index (χ2v) is 4.01. The van der Waals surface area contributed by atoms with Crippen LogP contribution in [0.1, 0.15) is 29.4 Å². The first-order valence-corrected chi connectivity index (χ1v) is 5.60. The van der Waals surface area contributed by atoms with Gasteiger partial charge in [-0.05, 0) is 32.4 Å². The maximum atomic E-state index is 11.3. The first-order valence-electron chi connectivity index (χ1n) is 5.60. The molecule has 0 saturated carbocycles. The second-order valence-electron chi connectivity index (χ2n) is 4.01. The van der Waals surface area contributed by atoms with Crippen LogP contribution in [0.2, 0.25) is 0 Å². The van der Waals surface area contributed by atoms with E-state index < -0.39 is 0 Å². The van der Waals surface area contributed by atoms with Gasteiger partial charge >= 0.3 is 5.97 Å². The summed E-state index contributed by atoms with van der Waals surface area (Å²) in [6.07, 6.45) is 0.874. The van der Waals surface area contributed by atoms with Crippen LogP contribution in [0.3, 0.4) is 0 Å². The van der Waals surface area contributed by atoms with Gasteiger partial charge in [-0.1, -0.05) is 0 Å². The van der Waals surface area contributed by atoms with Crippen molar-refractivity contribution in [1.29, 1.82) is 0 Å².